The van der Waals surface area contributed by atoms with Crippen molar-refractivity contribution in [2.45, 2.75) is 51.7 Å². The van der Waals surface area contributed by atoms with Gasteiger partial charge in [-0.25, -0.2) is 28.4 Å². The first-order chi connectivity index (χ1) is 12.8. The number of pyridine rings is 1. The van der Waals surface area contributed by atoms with Crippen molar-refractivity contribution in [2.24, 2.45) is 0 Å². The summed E-state index contributed by atoms with van der Waals surface area (Å²) >= 11 is 0. The van der Waals surface area contributed by atoms with Gasteiger partial charge in [0, 0.05) is 31.1 Å². The lowest BCUT2D eigenvalue weighted by molar-refractivity contribution is 0.573. The zero-order chi connectivity index (χ0) is 19.6. The van der Waals surface area contributed by atoms with Gasteiger partial charge in [0.05, 0.1) is 11.3 Å². The molecule has 0 amide bonds. The van der Waals surface area contributed by atoms with Crippen molar-refractivity contribution in [3.8, 4) is 0 Å². The van der Waals surface area contributed by atoms with E-state index in [1.54, 1.807) is 6.07 Å². The van der Waals surface area contributed by atoms with Crippen LogP contribution in [0.25, 0.3) is 11.0 Å². The van der Waals surface area contributed by atoms with Gasteiger partial charge >= 0.3 is 0 Å². The Hall–Kier alpha value is -2.55. The third-order valence-corrected chi connectivity index (χ3v) is 6.25. The SMILES string of the molecule is CCc1nc2c(N)nc(C)c(C)c2n1CCCCS(=O)(=O)c1ncccn1. The molecule has 27 heavy (non-hydrogen) atoms. The van der Waals surface area contributed by atoms with Crippen LogP contribution in [0.15, 0.2) is 23.6 Å². The average Bonchev–Trinajstić information content (AvgIpc) is 3.03. The summed E-state index contributed by atoms with van der Waals surface area (Å²) in [6.45, 7) is 6.66. The Kier molecular flexibility index (Phi) is 5.41. The van der Waals surface area contributed by atoms with E-state index in [1.807, 2.05) is 20.8 Å². The van der Waals surface area contributed by atoms with Crippen LogP contribution in [0.3, 0.4) is 0 Å². The number of nitrogen functional groups attached to an aromatic ring is 1. The summed E-state index contributed by atoms with van der Waals surface area (Å²) in [5.74, 6) is 1.39. The normalized spacial score (nSPS) is 12.0. The minimum atomic E-state index is -3.46. The van der Waals surface area contributed by atoms with Gasteiger partial charge in [-0.05, 0) is 38.3 Å². The highest BCUT2D eigenvalue weighted by molar-refractivity contribution is 7.91. The molecule has 0 radical (unpaired) electrons. The number of fused-ring (bicyclic) bond motifs is 1. The monoisotopic (exact) mass is 388 g/mol. The molecule has 0 saturated carbocycles. The summed E-state index contributed by atoms with van der Waals surface area (Å²) in [4.78, 5) is 16.7. The van der Waals surface area contributed by atoms with E-state index < -0.39 is 9.84 Å². The number of hydrogen-bond acceptors (Lipinski definition) is 7. The van der Waals surface area contributed by atoms with Gasteiger partial charge in [0.2, 0.25) is 15.0 Å². The molecule has 0 aliphatic rings. The highest BCUT2D eigenvalue weighted by atomic mass is 32.2. The number of rotatable bonds is 7. The van der Waals surface area contributed by atoms with E-state index in [0.29, 0.717) is 25.2 Å². The molecule has 9 heteroatoms. The van der Waals surface area contributed by atoms with Crippen LogP contribution in [0, 0.1) is 13.8 Å². The molecule has 0 bridgehead atoms. The number of aryl methyl sites for hydroxylation is 4. The molecule has 0 atom stereocenters. The van der Waals surface area contributed by atoms with E-state index in [2.05, 4.69) is 24.5 Å². The molecule has 0 aliphatic carbocycles. The first-order valence-electron chi connectivity index (χ1n) is 8.96. The summed E-state index contributed by atoms with van der Waals surface area (Å²) < 4.78 is 26.7. The van der Waals surface area contributed by atoms with Gasteiger partial charge in [-0.3, -0.25) is 0 Å². The van der Waals surface area contributed by atoms with Crippen LogP contribution in [0.4, 0.5) is 5.82 Å². The number of nitrogens with two attached hydrogens (primary N) is 1. The highest BCUT2D eigenvalue weighted by Crippen LogP contribution is 2.26. The van der Waals surface area contributed by atoms with Gasteiger partial charge in [-0.2, -0.15) is 0 Å². The van der Waals surface area contributed by atoms with Gasteiger partial charge in [0.25, 0.3) is 0 Å². The summed E-state index contributed by atoms with van der Waals surface area (Å²) in [6, 6.07) is 1.60. The predicted molar refractivity (Wildman–Crippen MR) is 104 cm³/mol. The largest absolute Gasteiger partial charge is 0.382 e. The van der Waals surface area contributed by atoms with Crippen molar-refractivity contribution in [3.63, 3.8) is 0 Å². The summed E-state index contributed by atoms with van der Waals surface area (Å²) in [6.07, 6.45) is 4.86. The third kappa shape index (κ3) is 3.78. The second kappa shape index (κ2) is 7.59. The van der Waals surface area contributed by atoms with E-state index in [9.17, 15) is 8.42 Å². The second-order valence-corrected chi connectivity index (χ2v) is 8.50. The van der Waals surface area contributed by atoms with Crippen LogP contribution in [-0.2, 0) is 22.8 Å². The molecule has 0 fully saturated rings. The molecule has 0 unspecified atom stereocenters. The fraction of sp³-hybridized carbons (Fsp3) is 0.444. The lowest BCUT2D eigenvalue weighted by atomic mass is 10.2. The van der Waals surface area contributed by atoms with E-state index in [-0.39, 0.29) is 10.9 Å². The predicted octanol–water partition coefficient (Wildman–Crippen LogP) is 2.24. The number of sulfone groups is 1. The Balaban J connectivity index is 1.78. The number of anilines is 1. The van der Waals surface area contributed by atoms with Crippen molar-refractivity contribution in [2.75, 3.05) is 11.5 Å². The maximum absolute atomic E-state index is 12.3. The molecule has 0 saturated heterocycles. The molecular weight excluding hydrogens is 364 g/mol. The van der Waals surface area contributed by atoms with Crippen LogP contribution >= 0.6 is 0 Å². The van der Waals surface area contributed by atoms with E-state index in [4.69, 9.17) is 5.73 Å². The quantitative estimate of drug-likeness (QED) is 0.487. The Morgan fingerprint density at radius 3 is 2.48 bits per heavy atom. The maximum Gasteiger partial charge on any atom is 0.246 e. The van der Waals surface area contributed by atoms with Gasteiger partial charge in [-0.15, -0.1) is 0 Å². The number of nitrogens with zero attached hydrogens (tertiary/aromatic N) is 5. The smallest absolute Gasteiger partial charge is 0.246 e. The lowest BCUT2D eigenvalue weighted by Crippen LogP contribution is -2.12. The van der Waals surface area contributed by atoms with E-state index in [0.717, 1.165) is 34.5 Å². The number of aromatic nitrogens is 5. The molecule has 0 spiro atoms. The Bertz CT molecular complexity index is 1060. The molecule has 8 nitrogen and oxygen atoms in total. The molecule has 0 aliphatic heterocycles. The summed E-state index contributed by atoms with van der Waals surface area (Å²) in [5, 5.41) is -0.113. The molecular formula is C18H24N6O2S. The van der Waals surface area contributed by atoms with Crippen LogP contribution in [0.1, 0.15) is 36.8 Å². The van der Waals surface area contributed by atoms with Gasteiger partial charge < -0.3 is 10.3 Å². The number of hydrogen-bond donors (Lipinski definition) is 1. The molecule has 0 aromatic carbocycles. The van der Waals surface area contributed by atoms with Gasteiger partial charge in [0.1, 0.15) is 11.3 Å². The van der Waals surface area contributed by atoms with Crippen molar-refractivity contribution in [1.82, 2.24) is 24.5 Å². The van der Waals surface area contributed by atoms with Crippen molar-refractivity contribution in [1.29, 1.82) is 0 Å². The van der Waals surface area contributed by atoms with Crippen molar-refractivity contribution >= 4 is 26.7 Å². The fourth-order valence-electron chi connectivity index (χ4n) is 3.16. The van der Waals surface area contributed by atoms with E-state index >= 15 is 0 Å². The number of imidazole rings is 1. The lowest BCUT2D eigenvalue weighted by Gasteiger charge is -2.11. The minimum Gasteiger partial charge on any atom is -0.382 e. The van der Waals surface area contributed by atoms with Crippen LogP contribution in [0.2, 0.25) is 0 Å². The Labute approximate surface area is 158 Å². The van der Waals surface area contributed by atoms with Gasteiger partial charge in [0.15, 0.2) is 5.82 Å². The van der Waals surface area contributed by atoms with Crippen molar-refractivity contribution < 1.29 is 8.42 Å². The maximum atomic E-state index is 12.3. The summed E-state index contributed by atoms with van der Waals surface area (Å²) in [7, 11) is -3.46. The highest BCUT2D eigenvalue weighted by Gasteiger charge is 2.19. The fourth-order valence-corrected chi connectivity index (χ4v) is 4.37. The van der Waals surface area contributed by atoms with Crippen LogP contribution in [0.5, 0.6) is 0 Å². The summed E-state index contributed by atoms with van der Waals surface area (Å²) in [5.41, 5.74) is 9.71. The Morgan fingerprint density at radius 2 is 1.81 bits per heavy atom. The van der Waals surface area contributed by atoms with Crippen LogP contribution in [-0.4, -0.2) is 38.7 Å². The molecule has 3 aromatic heterocycles. The third-order valence-electron chi connectivity index (χ3n) is 4.66. The van der Waals surface area contributed by atoms with Crippen LogP contribution < -0.4 is 5.73 Å². The second-order valence-electron chi connectivity index (χ2n) is 6.50. The molecule has 144 valence electrons. The van der Waals surface area contributed by atoms with Gasteiger partial charge in [-0.1, -0.05) is 6.92 Å². The minimum absolute atomic E-state index is 0.0206. The molecule has 3 rings (SSSR count). The number of unbranched alkanes of at least 4 members (excludes halogenated alkanes) is 1. The molecule has 3 heterocycles. The Morgan fingerprint density at radius 1 is 1.11 bits per heavy atom. The first kappa shape index (κ1) is 19.2. The van der Waals surface area contributed by atoms with E-state index in [1.165, 1.54) is 12.4 Å². The zero-order valence-electron chi connectivity index (χ0n) is 15.8. The average molecular weight is 388 g/mol. The molecule has 2 N–H and O–H groups in total. The zero-order valence-corrected chi connectivity index (χ0v) is 16.6. The first-order valence-corrected chi connectivity index (χ1v) is 10.6. The standard InChI is InChI=1S/C18H24N6O2S/c1-4-14-23-15-16(12(2)13(3)22-17(15)19)24(14)10-5-6-11-27(25,26)18-20-8-7-9-21-18/h7-9H,4-6,10-11H2,1-3H3,(H2,19,22). The molecule has 3 aromatic rings. The topological polar surface area (TPSA) is 117 Å². The van der Waals surface area contributed by atoms with Crippen molar-refractivity contribution in [3.05, 3.63) is 35.5 Å².